The third-order valence-electron chi connectivity index (χ3n) is 5.22. The van der Waals surface area contributed by atoms with Gasteiger partial charge in [-0.05, 0) is 13.0 Å². The Balaban J connectivity index is 1.78. The Hall–Kier alpha value is -2.25. The molecule has 1 aliphatic carbocycles. The van der Waals surface area contributed by atoms with Gasteiger partial charge in [0.15, 0.2) is 17.0 Å². The number of fused-ring (bicyclic) bond motifs is 1. The summed E-state index contributed by atoms with van der Waals surface area (Å²) in [6, 6.07) is 4.38. The minimum absolute atomic E-state index is 0.0162. The maximum Gasteiger partial charge on any atom is 0.308 e. The second-order valence-corrected chi connectivity index (χ2v) is 6.41. The van der Waals surface area contributed by atoms with Gasteiger partial charge in [0.25, 0.3) is 0 Å². The van der Waals surface area contributed by atoms with E-state index in [0.717, 1.165) is 0 Å². The highest BCUT2D eigenvalue weighted by molar-refractivity contribution is 6.26. The van der Waals surface area contributed by atoms with Crippen LogP contribution in [0.5, 0.6) is 5.75 Å². The van der Waals surface area contributed by atoms with Gasteiger partial charge in [0.1, 0.15) is 5.75 Å². The van der Waals surface area contributed by atoms with Crippen LogP contribution in [0.1, 0.15) is 40.5 Å². The third kappa shape index (κ3) is 1.61. The van der Waals surface area contributed by atoms with Gasteiger partial charge in [0.2, 0.25) is 5.78 Å². The highest BCUT2D eigenvalue weighted by Crippen LogP contribution is 2.63. The quantitative estimate of drug-likeness (QED) is 0.637. The summed E-state index contributed by atoms with van der Waals surface area (Å²) in [4.78, 5) is 37.5. The van der Waals surface area contributed by atoms with E-state index in [-0.39, 0.29) is 35.5 Å². The van der Waals surface area contributed by atoms with Crippen molar-refractivity contribution in [3.8, 4) is 5.75 Å². The van der Waals surface area contributed by atoms with E-state index >= 15 is 0 Å². The van der Waals surface area contributed by atoms with E-state index in [1.807, 2.05) is 0 Å². The fourth-order valence-electron chi connectivity index (χ4n) is 4.09. The number of ether oxygens (including phenoxy) is 3. The predicted molar refractivity (Wildman–Crippen MR) is 78.9 cm³/mol. The van der Waals surface area contributed by atoms with Crippen LogP contribution in [-0.2, 0) is 19.0 Å². The summed E-state index contributed by atoms with van der Waals surface area (Å²) in [5.41, 5.74) is -2.60. The van der Waals surface area contributed by atoms with E-state index in [9.17, 15) is 19.5 Å². The first-order valence-corrected chi connectivity index (χ1v) is 7.71. The largest absolute Gasteiger partial charge is 0.507 e. The zero-order valence-corrected chi connectivity index (χ0v) is 13.2. The average molecular weight is 332 g/mol. The van der Waals surface area contributed by atoms with Crippen molar-refractivity contribution in [3.63, 3.8) is 0 Å². The van der Waals surface area contributed by atoms with Gasteiger partial charge < -0.3 is 19.3 Å². The van der Waals surface area contributed by atoms with E-state index in [0.29, 0.717) is 0 Å². The average Bonchev–Trinajstić information content (AvgIpc) is 3.25. The Bertz CT molecular complexity index is 785. The number of phenols is 1. The number of carbonyl (C=O) groups is 3. The summed E-state index contributed by atoms with van der Waals surface area (Å²) in [5, 5.41) is 10.0. The molecule has 2 saturated heterocycles. The number of methoxy groups -OCH3 is 1. The van der Waals surface area contributed by atoms with Crippen molar-refractivity contribution in [1.82, 2.24) is 0 Å². The highest BCUT2D eigenvalue weighted by Gasteiger charge is 2.85. The molecule has 24 heavy (non-hydrogen) atoms. The molecular weight excluding hydrogens is 316 g/mol. The maximum atomic E-state index is 13.0. The molecule has 0 amide bonds. The molecule has 1 N–H and O–H groups in total. The van der Waals surface area contributed by atoms with E-state index in [4.69, 9.17) is 9.47 Å². The topological polar surface area (TPSA) is 102 Å². The van der Waals surface area contributed by atoms with E-state index in [1.54, 1.807) is 6.92 Å². The Labute approximate surface area is 137 Å². The molecule has 2 aliphatic heterocycles. The molecule has 0 spiro atoms. The zero-order chi connectivity index (χ0) is 17.3. The normalized spacial score (nSPS) is 36.4. The highest BCUT2D eigenvalue weighted by atomic mass is 16.7. The van der Waals surface area contributed by atoms with Gasteiger partial charge >= 0.3 is 5.97 Å². The predicted octanol–water partition coefficient (Wildman–Crippen LogP) is 1.02. The molecule has 0 aromatic heterocycles. The van der Waals surface area contributed by atoms with Crippen molar-refractivity contribution in [3.05, 3.63) is 29.3 Å². The van der Waals surface area contributed by atoms with Crippen LogP contribution < -0.4 is 0 Å². The van der Waals surface area contributed by atoms with Crippen LogP contribution in [0.2, 0.25) is 0 Å². The van der Waals surface area contributed by atoms with Gasteiger partial charge in [-0.15, -0.1) is 0 Å². The van der Waals surface area contributed by atoms with Crippen LogP contribution in [0.15, 0.2) is 18.2 Å². The van der Waals surface area contributed by atoms with Gasteiger partial charge in [0.05, 0.1) is 31.3 Å². The molecule has 4 atom stereocenters. The van der Waals surface area contributed by atoms with Gasteiger partial charge in [-0.25, -0.2) is 0 Å². The standard InChI is InChI=1S/C17H16O7/c1-8-17-15(21)13-10(4-3-5-11(13)18)14(20)16(17,24-17)7-9(23-8)6-12(19)22-2/h3-5,8-9,18H,6-7H2,1-2H3/t8-,9-,16-,17+/m1/s1. The number of ketones is 2. The number of Topliss-reactive ketones (excluding diaryl/α,β-unsaturated/α-hetero) is 2. The summed E-state index contributed by atoms with van der Waals surface area (Å²) in [6.07, 6.45) is -1.20. The molecule has 1 aromatic carbocycles. The zero-order valence-electron chi connectivity index (χ0n) is 13.2. The molecule has 0 radical (unpaired) electrons. The summed E-state index contributed by atoms with van der Waals surface area (Å²) >= 11 is 0. The SMILES string of the molecule is COC(=O)C[C@@H]1C[C@]23O[C@]2(C(=O)c2c(O)cccc2C3=O)[C@@H](C)O1. The molecule has 2 heterocycles. The minimum atomic E-state index is -1.41. The second kappa shape index (κ2) is 4.64. The number of epoxide rings is 1. The molecule has 126 valence electrons. The summed E-state index contributed by atoms with van der Waals surface area (Å²) in [5.74, 6) is -1.49. The van der Waals surface area contributed by atoms with Gasteiger partial charge in [-0.1, -0.05) is 12.1 Å². The van der Waals surface area contributed by atoms with Crippen LogP contribution in [0.3, 0.4) is 0 Å². The van der Waals surface area contributed by atoms with Crippen LogP contribution in [0.4, 0.5) is 0 Å². The van der Waals surface area contributed by atoms with Crippen molar-refractivity contribution in [2.24, 2.45) is 0 Å². The first-order valence-electron chi connectivity index (χ1n) is 7.71. The first-order chi connectivity index (χ1) is 11.4. The Kier molecular flexibility index (Phi) is 2.96. The van der Waals surface area contributed by atoms with Crippen LogP contribution in [0.25, 0.3) is 0 Å². The smallest absolute Gasteiger partial charge is 0.308 e. The number of hydrogen-bond acceptors (Lipinski definition) is 7. The molecule has 7 nitrogen and oxygen atoms in total. The molecule has 2 fully saturated rings. The van der Waals surface area contributed by atoms with Crippen molar-refractivity contribution >= 4 is 17.5 Å². The lowest BCUT2D eigenvalue weighted by Gasteiger charge is -2.36. The number of aromatic hydroxyl groups is 1. The Morgan fingerprint density at radius 3 is 2.83 bits per heavy atom. The first kappa shape index (κ1) is 15.3. The molecule has 0 saturated carbocycles. The number of carbonyl (C=O) groups excluding carboxylic acids is 3. The number of hydrogen-bond donors (Lipinski definition) is 1. The lowest BCUT2D eigenvalue weighted by atomic mass is 9.68. The molecule has 4 rings (SSSR count). The molecular formula is C17H16O7. The van der Waals surface area contributed by atoms with Gasteiger partial charge in [-0.3, -0.25) is 14.4 Å². The van der Waals surface area contributed by atoms with Crippen LogP contribution in [0, 0.1) is 0 Å². The fraction of sp³-hybridized carbons (Fsp3) is 0.471. The van der Waals surface area contributed by atoms with E-state index in [2.05, 4.69) is 4.74 Å². The Morgan fingerprint density at radius 1 is 1.38 bits per heavy atom. The van der Waals surface area contributed by atoms with Gasteiger partial charge in [-0.2, -0.15) is 0 Å². The number of esters is 1. The van der Waals surface area contributed by atoms with Gasteiger partial charge in [0, 0.05) is 12.0 Å². The second-order valence-electron chi connectivity index (χ2n) is 6.41. The molecule has 0 unspecified atom stereocenters. The lowest BCUT2D eigenvalue weighted by molar-refractivity contribution is -0.146. The van der Waals surface area contributed by atoms with Crippen LogP contribution in [-0.4, -0.2) is 53.2 Å². The van der Waals surface area contributed by atoms with E-state index < -0.39 is 35.2 Å². The molecule has 7 heteroatoms. The van der Waals surface area contributed by atoms with E-state index in [1.165, 1.54) is 25.3 Å². The summed E-state index contributed by atoms with van der Waals surface area (Å²) in [7, 11) is 1.28. The summed E-state index contributed by atoms with van der Waals surface area (Å²) in [6.45, 7) is 1.64. The number of phenolic OH excluding ortho intramolecular Hbond substituents is 1. The maximum absolute atomic E-state index is 13.0. The molecule has 1 aromatic rings. The number of rotatable bonds is 2. The van der Waals surface area contributed by atoms with Crippen molar-refractivity contribution in [1.29, 1.82) is 0 Å². The van der Waals surface area contributed by atoms with Crippen molar-refractivity contribution in [2.45, 2.75) is 43.2 Å². The number of benzene rings is 1. The van der Waals surface area contributed by atoms with Crippen molar-refractivity contribution < 1.29 is 33.7 Å². The third-order valence-corrected chi connectivity index (χ3v) is 5.22. The summed E-state index contributed by atoms with van der Waals surface area (Å²) < 4.78 is 16.2. The van der Waals surface area contributed by atoms with Crippen LogP contribution >= 0.6 is 0 Å². The fourth-order valence-corrected chi connectivity index (χ4v) is 4.09. The molecule has 0 bridgehead atoms. The monoisotopic (exact) mass is 332 g/mol. The minimum Gasteiger partial charge on any atom is -0.507 e. The molecule has 3 aliphatic rings. The Morgan fingerprint density at radius 2 is 2.12 bits per heavy atom. The van der Waals surface area contributed by atoms with Crippen molar-refractivity contribution in [2.75, 3.05) is 7.11 Å². The lowest BCUT2D eigenvalue weighted by Crippen LogP contribution is -2.57.